The Balaban J connectivity index is 2.41. The molecule has 1 aliphatic heterocycles. The third-order valence-corrected chi connectivity index (χ3v) is 3.49. The molecule has 0 radical (unpaired) electrons. The van der Waals surface area contributed by atoms with Crippen LogP contribution in [0.15, 0.2) is 12.1 Å². The van der Waals surface area contributed by atoms with Gasteiger partial charge in [-0.3, -0.25) is 0 Å². The second kappa shape index (κ2) is 4.52. The summed E-state index contributed by atoms with van der Waals surface area (Å²) in [5.74, 6) is -0.480. The average Bonchev–Trinajstić information content (AvgIpc) is 2.63. The Kier molecular flexibility index (Phi) is 3.23. The van der Waals surface area contributed by atoms with Crippen molar-refractivity contribution in [1.82, 2.24) is 0 Å². The highest BCUT2D eigenvalue weighted by Crippen LogP contribution is 2.31. The molecule has 3 nitrogen and oxygen atoms in total. The molecule has 1 N–H and O–H groups in total. The Morgan fingerprint density at radius 1 is 1.59 bits per heavy atom. The quantitative estimate of drug-likeness (QED) is 0.837. The van der Waals surface area contributed by atoms with Crippen LogP contribution in [0.25, 0.3) is 0 Å². The van der Waals surface area contributed by atoms with Gasteiger partial charge < -0.3 is 10.0 Å². The summed E-state index contributed by atoms with van der Waals surface area (Å²) < 4.78 is 13.8. The number of anilines is 1. The second-order valence-corrected chi connectivity index (χ2v) is 4.59. The lowest BCUT2D eigenvalue weighted by Gasteiger charge is -2.25. The van der Waals surface area contributed by atoms with Gasteiger partial charge in [-0.2, -0.15) is 5.26 Å². The number of nitriles is 1. The van der Waals surface area contributed by atoms with Crippen LogP contribution in [0, 0.1) is 17.1 Å². The predicted molar refractivity (Wildman–Crippen MR) is 63.6 cm³/mol. The molecule has 0 unspecified atom stereocenters. The minimum atomic E-state index is -0.480. The van der Waals surface area contributed by atoms with Crippen LogP contribution < -0.4 is 4.90 Å². The molecule has 0 aliphatic carbocycles. The molecule has 0 saturated carbocycles. The fraction of sp³-hybridized carbons (Fsp3) is 0.417. The smallest absolute Gasteiger partial charge is 0.147 e. The van der Waals surface area contributed by atoms with Gasteiger partial charge in [-0.05, 0) is 25.5 Å². The molecule has 1 saturated heterocycles. The van der Waals surface area contributed by atoms with Crippen molar-refractivity contribution in [3.8, 4) is 6.07 Å². The van der Waals surface area contributed by atoms with E-state index in [4.69, 9.17) is 16.9 Å². The first kappa shape index (κ1) is 12.2. The third-order valence-electron chi connectivity index (χ3n) is 3.18. The van der Waals surface area contributed by atoms with E-state index in [1.165, 1.54) is 6.07 Å². The topological polar surface area (TPSA) is 47.3 Å². The summed E-state index contributed by atoms with van der Waals surface area (Å²) in [4.78, 5) is 1.77. The van der Waals surface area contributed by atoms with Gasteiger partial charge in [-0.25, -0.2) is 4.39 Å². The molecule has 0 bridgehead atoms. The maximum Gasteiger partial charge on any atom is 0.147 e. The number of nitrogens with zero attached hydrogens (tertiary/aromatic N) is 2. The molecule has 1 aromatic rings. The minimum absolute atomic E-state index is 0.125. The normalized spacial score (nSPS) is 23.8. The molecule has 17 heavy (non-hydrogen) atoms. The van der Waals surface area contributed by atoms with E-state index in [2.05, 4.69) is 0 Å². The number of benzene rings is 1. The molecule has 2 rings (SSSR count). The fourth-order valence-corrected chi connectivity index (χ4v) is 2.31. The zero-order valence-corrected chi connectivity index (χ0v) is 10.1. The van der Waals surface area contributed by atoms with E-state index in [9.17, 15) is 9.50 Å². The summed E-state index contributed by atoms with van der Waals surface area (Å²) in [5.41, 5.74) is 0.471. The summed E-state index contributed by atoms with van der Waals surface area (Å²) in [7, 11) is 0. The van der Waals surface area contributed by atoms with Gasteiger partial charge in [0.05, 0.1) is 28.4 Å². The highest BCUT2D eigenvalue weighted by molar-refractivity contribution is 6.32. The van der Waals surface area contributed by atoms with E-state index < -0.39 is 11.9 Å². The van der Waals surface area contributed by atoms with E-state index in [-0.39, 0.29) is 16.6 Å². The van der Waals surface area contributed by atoms with E-state index in [1.54, 1.807) is 4.90 Å². The van der Waals surface area contributed by atoms with Crippen LogP contribution >= 0.6 is 11.6 Å². The molecule has 5 heteroatoms. The van der Waals surface area contributed by atoms with Gasteiger partial charge in [0, 0.05) is 6.54 Å². The first-order valence-electron chi connectivity index (χ1n) is 5.38. The minimum Gasteiger partial charge on any atom is -0.391 e. The lowest BCUT2D eigenvalue weighted by molar-refractivity contribution is 0.170. The van der Waals surface area contributed by atoms with Gasteiger partial charge in [0.1, 0.15) is 11.9 Å². The highest BCUT2D eigenvalue weighted by atomic mass is 35.5. The van der Waals surface area contributed by atoms with E-state index in [0.29, 0.717) is 18.7 Å². The first-order chi connectivity index (χ1) is 8.04. The first-order valence-corrected chi connectivity index (χ1v) is 5.76. The predicted octanol–water partition coefficient (Wildman–Crippen LogP) is 2.31. The standard InChI is InChI=1S/C12H12ClFN2O/c1-7-12(17)2-3-16(7)11-5-9(13)8(6-15)4-10(11)14/h4-5,7,12,17H,2-3H2,1H3/t7-,12-/m0/s1. The number of hydrogen-bond donors (Lipinski definition) is 1. The number of aliphatic hydroxyl groups is 1. The van der Waals surface area contributed by atoms with Crippen molar-refractivity contribution >= 4 is 17.3 Å². The molecule has 1 heterocycles. The summed E-state index contributed by atoms with van der Waals surface area (Å²) in [6, 6.07) is 4.27. The molecule has 0 spiro atoms. The number of halogens is 2. The summed E-state index contributed by atoms with van der Waals surface area (Å²) in [6.45, 7) is 2.42. The SMILES string of the molecule is C[C@H]1[C@@H](O)CCN1c1cc(Cl)c(C#N)cc1F. The summed E-state index contributed by atoms with van der Waals surface area (Å²) in [5, 5.41) is 18.6. The highest BCUT2D eigenvalue weighted by Gasteiger charge is 2.31. The third kappa shape index (κ3) is 2.08. The maximum atomic E-state index is 13.8. The molecular weight excluding hydrogens is 243 g/mol. The van der Waals surface area contributed by atoms with Crippen LogP contribution in [0.5, 0.6) is 0 Å². The van der Waals surface area contributed by atoms with Crippen LogP contribution in [0.1, 0.15) is 18.9 Å². The van der Waals surface area contributed by atoms with Gasteiger partial charge in [0.15, 0.2) is 0 Å². The number of rotatable bonds is 1. The molecule has 2 atom stereocenters. The second-order valence-electron chi connectivity index (χ2n) is 4.19. The molecule has 90 valence electrons. The Labute approximate surface area is 104 Å². The Hall–Kier alpha value is -1.31. The summed E-state index contributed by atoms with van der Waals surface area (Å²) in [6.07, 6.45) is 0.155. The lowest BCUT2D eigenvalue weighted by Crippen LogP contribution is -2.32. The molecule has 1 fully saturated rings. The number of hydrogen-bond acceptors (Lipinski definition) is 3. The van der Waals surface area contributed by atoms with Gasteiger partial charge in [-0.15, -0.1) is 0 Å². The van der Waals surface area contributed by atoms with Gasteiger partial charge in [0.2, 0.25) is 0 Å². The van der Waals surface area contributed by atoms with E-state index in [0.717, 1.165) is 6.07 Å². The van der Waals surface area contributed by atoms with Crippen molar-refractivity contribution < 1.29 is 9.50 Å². The monoisotopic (exact) mass is 254 g/mol. The van der Waals surface area contributed by atoms with Crippen LogP contribution in [-0.4, -0.2) is 23.8 Å². The molecule has 0 amide bonds. The molecule has 0 aromatic heterocycles. The molecule has 1 aliphatic rings. The van der Waals surface area contributed by atoms with Crippen molar-refractivity contribution in [3.05, 3.63) is 28.5 Å². The molecular formula is C12H12ClFN2O. The van der Waals surface area contributed by atoms with Gasteiger partial charge in [-0.1, -0.05) is 11.6 Å². The zero-order chi connectivity index (χ0) is 12.6. The van der Waals surface area contributed by atoms with Gasteiger partial charge in [0.25, 0.3) is 0 Å². The maximum absolute atomic E-state index is 13.8. The Bertz CT molecular complexity index is 486. The van der Waals surface area contributed by atoms with Crippen LogP contribution in [0.4, 0.5) is 10.1 Å². The van der Waals surface area contributed by atoms with E-state index in [1.807, 2.05) is 13.0 Å². The fourth-order valence-electron chi connectivity index (χ4n) is 2.11. The largest absolute Gasteiger partial charge is 0.391 e. The van der Waals surface area contributed by atoms with Gasteiger partial charge >= 0.3 is 0 Å². The zero-order valence-electron chi connectivity index (χ0n) is 9.32. The van der Waals surface area contributed by atoms with E-state index >= 15 is 0 Å². The lowest BCUT2D eigenvalue weighted by atomic mass is 10.1. The van der Waals surface area contributed by atoms with Crippen molar-refractivity contribution in [2.45, 2.75) is 25.5 Å². The van der Waals surface area contributed by atoms with Crippen molar-refractivity contribution in [2.75, 3.05) is 11.4 Å². The summed E-state index contributed by atoms with van der Waals surface area (Å²) >= 11 is 5.89. The Morgan fingerprint density at radius 2 is 2.29 bits per heavy atom. The molecule has 1 aromatic carbocycles. The Morgan fingerprint density at radius 3 is 2.82 bits per heavy atom. The van der Waals surface area contributed by atoms with Crippen molar-refractivity contribution in [2.24, 2.45) is 0 Å². The average molecular weight is 255 g/mol. The van der Waals surface area contributed by atoms with Crippen molar-refractivity contribution in [3.63, 3.8) is 0 Å². The van der Waals surface area contributed by atoms with Crippen LogP contribution in [0.3, 0.4) is 0 Å². The van der Waals surface area contributed by atoms with Crippen molar-refractivity contribution in [1.29, 1.82) is 5.26 Å². The van der Waals surface area contributed by atoms with Crippen LogP contribution in [-0.2, 0) is 0 Å². The van der Waals surface area contributed by atoms with Crippen LogP contribution in [0.2, 0.25) is 5.02 Å². The number of aliphatic hydroxyl groups excluding tert-OH is 1.